The van der Waals surface area contributed by atoms with Crippen LogP contribution in [0.5, 0.6) is 11.8 Å². The smallest absolute Gasteiger partial charge is 0.321 e. The Morgan fingerprint density at radius 1 is 1.26 bits per heavy atom. The van der Waals surface area contributed by atoms with E-state index in [9.17, 15) is 0 Å². The van der Waals surface area contributed by atoms with Crippen molar-refractivity contribution in [2.24, 2.45) is 0 Å². The van der Waals surface area contributed by atoms with Gasteiger partial charge in [0, 0.05) is 11.8 Å². The zero-order chi connectivity index (χ0) is 16.8. The van der Waals surface area contributed by atoms with Crippen LogP contribution in [0.4, 0.5) is 11.6 Å². The molecule has 0 aliphatic carbocycles. The Kier molecular flexibility index (Phi) is 5.76. The summed E-state index contributed by atoms with van der Waals surface area (Å²) in [6.07, 6.45) is 1.98. The number of aromatic nitrogens is 3. The third-order valence-electron chi connectivity index (χ3n) is 2.83. The maximum atomic E-state index is 6.15. The summed E-state index contributed by atoms with van der Waals surface area (Å²) >= 11 is 6.15. The Bertz CT molecular complexity index is 715. The van der Waals surface area contributed by atoms with Gasteiger partial charge in [0.15, 0.2) is 0 Å². The maximum Gasteiger partial charge on any atom is 0.321 e. The van der Waals surface area contributed by atoms with Gasteiger partial charge in [-0.1, -0.05) is 17.2 Å². The predicted molar refractivity (Wildman–Crippen MR) is 90.8 cm³/mol. The average molecular weight is 335 g/mol. The fourth-order valence-corrected chi connectivity index (χ4v) is 1.90. The molecule has 6 nitrogen and oxygen atoms in total. The molecule has 0 radical (unpaired) electrons. The van der Waals surface area contributed by atoms with E-state index in [-0.39, 0.29) is 6.01 Å². The Hall–Kier alpha value is -2.34. The SMILES string of the molecule is COc1nc(C)nc(Nc2ccc(Cl)c(OCC=C(C)C)c2)n1. The molecule has 0 saturated heterocycles. The number of benzene rings is 1. The molecule has 2 aromatic rings. The van der Waals surface area contributed by atoms with Gasteiger partial charge >= 0.3 is 6.01 Å². The Balaban J connectivity index is 2.17. The number of halogens is 1. The van der Waals surface area contributed by atoms with Crippen LogP contribution in [-0.2, 0) is 0 Å². The molecule has 0 fully saturated rings. The number of allylic oxidation sites excluding steroid dienone is 1. The molecule has 0 atom stereocenters. The molecule has 1 aromatic heterocycles. The van der Waals surface area contributed by atoms with Crippen LogP contribution in [0.2, 0.25) is 5.02 Å². The Morgan fingerprint density at radius 2 is 2.04 bits per heavy atom. The van der Waals surface area contributed by atoms with Crippen LogP contribution < -0.4 is 14.8 Å². The van der Waals surface area contributed by atoms with E-state index < -0.39 is 0 Å². The zero-order valence-electron chi connectivity index (χ0n) is 13.6. The molecule has 0 aliphatic rings. The van der Waals surface area contributed by atoms with Crippen molar-refractivity contribution in [3.63, 3.8) is 0 Å². The highest BCUT2D eigenvalue weighted by Gasteiger charge is 2.07. The van der Waals surface area contributed by atoms with Crippen LogP contribution in [0.25, 0.3) is 0 Å². The van der Waals surface area contributed by atoms with E-state index in [2.05, 4.69) is 20.3 Å². The normalized spacial score (nSPS) is 10.1. The average Bonchev–Trinajstić information content (AvgIpc) is 2.49. The van der Waals surface area contributed by atoms with E-state index in [4.69, 9.17) is 21.1 Å². The molecule has 0 unspecified atom stereocenters. The quantitative estimate of drug-likeness (QED) is 0.807. The summed E-state index contributed by atoms with van der Waals surface area (Å²) in [6, 6.07) is 5.63. The third kappa shape index (κ3) is 5.10. The van der Waals surface area contributed by atoms with Crippen molar-refractivity contribution in [1.82, 2.24) is 15.0 Å². The Labute approximate surface area is 140 Å². The van der Waals surface area contributed by atoms with Gasteiger partial charge in [-0.05, 0) is 39.0 Å². The van der Waals surface area contributed by atoms with Gasteiger partial charge in [0.2, 0.25) is 5.95 Å². The van der Waals surface area contributed by atoms with Crippen molar-refractivity contribution in [2.75, 3.05) is 19.0 Å². The largest absolute Gasteiger partial charge is 0.488 e. The topological polar surface area (TPSA) is 69.2 Å². The van der Waals surface area contributed by atoms with Gasteiger partial charge < -0.3 is 14.8 Å². The lowest BCUT2D eigenvalue weighted by Gasteiger charge is -2.10. The first-order valence-electron chi connectivity index (χ1n) is 7.07. The minimum Gasteiger partial charge on any atom is -0.488 e. The first kappa shape index (κ1) is 17.0. The Morgan fingerprint density at radius 3 is 2.74 bits per heavy atom. The van der Waals surface area contributed by atoms with E-state index in [0.29, 0.717) is 29.2 Å². The molecule has 0 saturated carbocycles. The molecule has 0 amide bonds. The maximum absolute atomic E-state index is 6.15. The number of rotatable bonds is 6. The zero-order valence-corrected chi connectivity index (χ0v) is 14.3. The fourth-order valence-electron chi connectivity index (χ4n) is 1.72. The number of nitrogens with one attached hydrogen (secondary N) is 1. The third-order valence-corrected chi connectivity index (χ3v) is 3.14. The van der Waals surface area contributed by atoms with Crippen molar-refractivity contribution < 1.29 is 9.47 Å². The summed E-state index contributed by atoms with van der Waals surface area (Å²) in [5, 5.41) is 3.63. The molecule has 1 N–H and O–H groups in total. The minimum atomic E-state index is 0.258. The van der Waals surface area contributed by atoms with E-state index in [0.717, 1.165) is 5.69 Å². The molecular formula is C16H19ClN4O2. The van der Waals surface area contributed by atoms with E-state index in [1.165, 1.54) is 12.7 Å². The van der Waals surface area contributed by atoms with E-state index in [1.54, 1.807) is 19.1 Å². The predicted octanol–water partition coefficient (Wildman–Crippen LogP) is 3.93. The molecule has 23 heavy (non-hydrogen) atoms. The van der Waals surface area contributed by atoms with Crippen molar-refractivity contribution in [2.45, 2.75) is 20.8 Å². The van der Waals surface area contributed by atoms with Crippen LogP contribution in [0.1, 0.15) is 19.7 Å². The summed E-state index contributed by atoms with van der Waals surface area (Å²) < 4.78 is 10.7. The first-order valence-corrected chi connectivity index (χ1v) is 7.45. The van der Waals surface area contributed by atoms with Crippen molar-refractivity contribution in [3.8, 4) is 11.8 Å². The van der Waals surface area contributed by atoms with Gasteiger partial charge in [0.25, 0.3) is 0 Å². The summed E-state index contributed by atoms with van der Waals surface area (Å²) in [5.41, 5.74) is 1.94. The molecule has 7 heteroatoms. The lowest BCUT2D eigenvalue weighted by atomic mass is 10.3. The number of methoxy groups -OCH3 is 1. The number of anilines is 2. The molecule has 0 spiro atoms. The summed E-state index contributed by atoms with van der Waals surface area (Å²) in [4.78, 5) is 12.4. The fraction of sp³-hybridized carbons (Fsp3) is 0.312. The van der Waals surface area contributed by atoms with Crippen LogP contribution in [0.15, 0.2) is 29.8 Å². The molecule has 1 aromatic carbocycles. The van der Waals surface area contributed by atoms with E-state index >= 15 is 0 Å². The highest BCUT2D eigenvalue weighted by Crippen LogP contribution is 2.29. The van der Waals surface area contributed by atoms with Crippen LogP contribution in [0, 0.1) is 6.92 Å². The van der Waals surface area contributed by atoms with Crippen molar-refractivity contribution >= 4 is 23.2 Å². The van der Waals surface area contributed by atoms with Crippen molar-refractivity contribution in [3.05, 3.63) is 40.7 Å². The summed E-state index contributed by atoms with van der Waals surface area (Å²) in [6.45, 7) is 6.26. The monoisotopic (exact) mass is 334 g/mol. The molecule has 122 valence electrons. The molecule has 1 heterocycles. The highest BCUT2D eigenvalue weighted by atomic mass is 35.5. The van der Waals surface area contributed by atoms with Crippen LogP contribution in [-0.4, -0.2) is 28.7 Å². The van der Waals surface area contributed by atoms with Crippen LogP contribution in [0.3, 0.4) is 0 Å². The van der Waals surface area contributed by atoms with Gasteiger partial charge in [-0.2, -0.15) is 15.0 Å². The number of ether oxygens (including phenoxy) is 2. The molecule has 0 bridgehead atoms. The minimum absolute atomic E-state index is 0.258. The molecular weight excluding hydrogens is 316 g/mol. The number of nitrogens with zero attached hydrogens (tertiary/aromatic N) is 3. The number of hydrogen-bond acceptors (Lipinski definition) is 6. The van der Waals surface area contributed by atoms with Gasteiger partial charge in [-0.15, -0.1) is 0 Å². The number of hydrogen-bond donors (Lipinski definition) is 1. The lowest BCUT2D eigenvalue weighted by Crippen LogP contribution is -2.03. The van der Waals surface area contributed by atoms with Crippen LogP contribution >= 0.6 is 11.6 Å². The standard InChI is InChI=1S/C16H19ClN4O2/c1-10(2)7-8-23-14-9-12(5-6-13(14)17)20-15-18-11(3)19-16(21-15)22-4/h5-7,9H,8H2,1-4H3,(H,18,19,20,21). The van der Waals surface area contributed by atoms with E-state index in [1.807, 2.05) is 26.0 Å². The molecule has 2 rings (SSSR count). The summed E-state index contributed by atoms with van der Waals surface area (Å²) in [7, 11) is 1.51. The second-order valence-electron chi connectivity index (χ2n) is 5.06. The highest BCUT2D eigenvalue weighted by molar-refractivity contribution is 6.32. The second-order valence-corrected chi connectivity index (χ2v) is 5.46. The second kappa shape index (κ2) is 7.78. The summed E-state index contributed by atoms with van der Waals surface area (Å²) in [5.74, 6) is 1.55. The molecule has 0 aliphatic heterocycles. The lowest BCUT2D eigenvalue weighted by molar-refractivity contribution is 0.362. The van der Waals surface area contributed by atoms with Gasteiger partial charge in [0.05, 0.1) is 12.1 Å². The van der Waals surface area contributed by atoms with Gasteiger partial charge in [0.1, 0.15) is 18.2 Å². The van der Waals surface area contributed by atoms with Crippen molar-refractivity contribution in [1.29, 1.82) is 0 Å². The first-order chi connectivity index (χ1) is 11.0. The van der Waals surface area contributed by atoms with Gasteiger partial charge in [-0.3, -0.25) is 0 Å². The van der Waals surface area contributed by atoms with Gasteiger partial charge in [-0.25, -0.2) is 0 Å². The number of aryl methyl sites for hydroxylation is 1.